The quantitative estimate of drug-likeness (QED) is 0.178. The summed E-state index contributed by atoms with van der Waals surface area (Å²) < 4.78 is 13.7. The number of hydrogen-bond acceptors (Lipinski definition) is 7. The second kappa shape index (κ2) is 12.5. The summed E-state index contributed by atoms with van der Waals surface area (Å²) in [7, 11) is 0. The van der Waals surface area contributed by atoms with Crippen LogP contribution in [0.25, 0.3) is 6.08 Å². The molecule has 6 nitrogen and oxygen atoms in total. The average molecular weight is 605 g/mol. The molecule has 1 aromatic heterocycles. The van der Waals surface area contributed by atoms with Gasteiger partial charge in [0, 0.05) is 15.5 Å². The molecule has 0 saturated carbocycles. The topological polar surface area (TPSA) is 69.9 Å². The Bertz CT molecular complexity index is 1810. The van der Waals surface area contributed by atoms with Crippen molar-refractivity contribution in [1.82, 2.24) is 4.57 Å². The Labute approximate surface area is 251 Å². The van der Waals surface area contributed by atoms with Gasteiger partial charge in [-0.2, -0.15) is 0 Å². The Morgan fingerprint density at radius 1 is 1.12 bits per heavy atom. The van der Waals surface area contributed by atoms with Gasteiger partial charge in [0.15, 0.2) is 4.80 Å². The van der Waals surface area contributed by atoms with E-state index in [1.165, 1.54) is 11.3 Å². The van der Waals surface area contributed by atoms with Gasteiger partial charge in [-0.3, -0.25) is 9.36 Å². The molecule has 1 aliphatic rings. The lowest BCUT2D eigenvalue weighted by Gasteiger charge is -2.25. The zero-order valence-corrected chi connectivity index (χ0v) is 25.5. The van der Waals surface area contributed by atoms with E-state index in [1.807, 2.05) is 85.1 Å². The second-order valence-electron chi connectivity index (χ2n) is 9.76. The number of nitrogens with zero attached hydrogens (tertiary/aromatic N) is 2. The SMILES string of the molecule is CSc1ccc([C@@H]2C(C(=O)OC(C)C)=C(C)N=c3s/c(=C/c4cccc(OCc5ccccc5Cl)c4)c(=O)n32)cc1. The van der Waals surface area contributed by atoms with Crippen LogP contribution in [0.5, 0.6) is 5.75 Å². The molecule has 0 radical (unpaired) electrons. The van der Waals surface area contributed by atoms with Crippen molar-refractivity contribution in [2.75, 3.05) is 6.26 Å². The fraction of sp³-hybridized carbons (Fsp3) is 0.219. The van der Waals surface area contributed by atoms with Crippen LogP contribution in [0.3, 0.4) is 0 Å². The van der Waals surface area contributed by atoms with Crippen LogP contribution < -0.4 is 19.6 Å². The number of esters is 1. The predicted octanol–water partition coefficient (Wildman–Crippen LogP) is 6.14. The molecule has 5 rings (SSSR count). The Kier molecular flexibility index (Phi) is 8.82. The van der Waals surface area contributed by atoms with E-state index in [2.05, 4.69) is 4.99 Å². The van der Waals surface area contributed by atoms with Gasteiger partial charge in [0.25, 0.3) is 5.56 Å². The van der Waals surface area contributed by atoms with E-state index in [0.717, 1.165) is 21.6 Å². The van der Waals surface area contributed by atoms with Gasteiger partial charge in [0.2, 0.25) is 0 Å². The number of allylic oxidation sites excluding steroid dienone is 1. The molecule has 1 aliphatic heterocycles. The zero-order chi connectivity index (χ0) is 29.1. The maximum Gasteiger partial charge on any atom is 0.338 e. The number of rotatable bonds is 8. The monoisotopic (exact) mass is 604 g/mol. The van der Waals surface area contributed by atoms with Crippen molar-refractivity contribution in [1.29, 1.82) is 0 Å². The number of fused-ring (bicyclic) bond motifs is 1. The highest BCUT2D eigenvalue weighted by atomic mass is 35.5. The summed E-state index contributed by atoms with van der Waals surface area (Å²) in [4.78, 5) is 33.5. The van der Waals surface area contributed by atoms with Crippen LogP contribution >= 0.6 is 34.7 Å². The van der Waals surface area contributed by atoms with Crippen molar-refractivity contribution in [3.8, 4) is 5.75 Å². The van der Waals surface area contributed by atoms with Crippen molar-refractivity contribution < 1.29 is 14.3 Å². The first-order chi connectivity index (χ1) is 19.7. The van der Waals surface area contributed by atoms with Crippen LogP contribution in [0.4, 0.5) is 0 Å². The number of carbonyl (C=O) groups is 1. The minimum atomic E-state index is -0.652. The summed E-state index contributed by atoms with van der Waals surface area (Å²) in [5.74, 6) is 0.186. The van der Waals surface area contributed by atoms with Crippen molar-refractivity contribution in [3.05, 3.63) is 125 Å². The molecule has 2 heterocycles. The molecule has 0 unspecified atom stereocenters. The van der Waals surface area contributed by atoms with Crippen molar-refractivity contribution in [2.24, 2.45) is 4.99 Å². The number of ether oxygens (including phenoxy) is 2. The summed E-state index contributed by atoms with van der Waals surface area (Å²) in [6.45, 7) is 5.72. The maximum absolute atomic E-state index is 13.9. The molecule has 3 aromatic carbocycles. The lowest BCUT2D eigenvalue weighted by atomic mass is 9.96. The molecule has 0 spiro atoms. The van der Waals surface area contributed by atoms with Gasteiger partial charge in [-0.05, 0) is 74.6 Å². The van der Waals surface area contributed by atoms with Crippen molar-refractivity contribution in [2.45, 2.75) is 44.4 Å². The average Bonchev–Trinajstić information content (AvgIpc) is 3.25. The molecule has 0 amide bonds. The molecule has 1 atom stereocenters. The highest BCUT2D eigenvalue weighted by Gasteiger charge is 2.33. The number of thioether (sulfide) groups is 1. The van der Waals surface area contributed by atoms with Gasteiger partial charge in [-0.15, -0.1) is 11.8 Å². The van der Waals surface area contributed by atoms with Gasteiger partial charge >= 0.3 is 5.97 Å². The molecule has 210 valence electrons. The summed E-state index contributed by atoms with van der Waals surface area (Å²) >= 11 is 9.19. The fourth-order valence-corrected chi connectivity index (χ4v) is 6.23. The molecular formula is C32H29ClN2O4S2. The standard InChI is InChI=1S/C32H29ClN2O4S2/c1-19(2)39-31(37)28-20(3)34-32-35(29(28)22-12-14-25(40-4)15-13-22)30(36)27(41-32)17-21-8-7-10-24(16-21)38-18-23-9-5-6-11-26(23)33/h5-17,19,29H,18H2,1-4H3/b27-17+/t29-/m1/s1. The highest BCUT2D eigenvalue weighted by Crippen LogP contribution is 2.32. The van der Waals surface area contributed by atoms with E-state index in [1.54, 1.807) is 37.1 Å². The normalized spacial score (nSPS) is 15.1. The molecule has 0 N–H and O–H groups in total. The van der Waals surface area contributed by atoms with E-state index >= 15 is 0 Å². The smallest absolute Gasteiger partial charge is 0.338 e. The van der Waals surface area contributed by atoms with Gasteiger partial charge in [-0.25, -0.2) is 9.79 Å². The van der Waals surface area contributed by atoms with E-state index < -0.39 is 12.0 Å². The van der Waals surface area contributed by atoms with Crippen LogP contribution in [0.2, 0.25) is 5.02 Å². The molecule has 9 heteroatoms. The Morgan fingerprint density at radius 3 is 2.59 bits per heavy atom. The van der Waals surface area contributed by atoms with E-state index in [-0.39, 0.29) is 11.7 Å². The fourth-order valence-electron chi connectivity index (χ4n) is 4.58. The van der Waals surface area contributed by atoms with Crippen molar-refractivity contribution in [3.63, 3.8) is 0 Å². The number of aromatic nitrogens is 1. The molecule has 0 bridgehead atoms. The third-order valence-electron chi connectivity index (χ3n) is 6.52. The molecule has 0 aliphatic carbocycles. The first-order valence-electron chi connectivity index (χ1n) is 13.1. The third-order valence-corrected chi connectivity index (χ3v) is 8.62. The number of hydrogen-bond donors (Lipinski definition) is 0. The van der Waals surface area contributed by atoms with Crippen LogP contribution in [0.1, 0.15) is 43.5 Å². The number of carbonyl (C=O) groups excluding carboxylic acids is 1. The minimum Gasteiger partial charge on any atom is -0.489 e. The van der Waals surface area contributed by atoms with Crippen LogP contribution in [-0.2, 0) is 16.1 Å². The number of halogens is 1. The highest BCUT2D eigenvalue weighted by molar-refractivity contribution is 7.98. The maximum atomic E-state index is 13.9. The first kappa shape index (κ1) is 28.9. The minimum absolute atomic E-state index is 0.225. The Hall–Kier alpha value is -3.59. The lowest BCUT2D eigenvalue weighted by molar-refractivity contribution is -0.143. The van der Waals surface area contributed by atoms with Crippen LogP contribution in [0.15, 0.2) is 98.7 Å². The molecule has 41 heavy (non-hydrogen) atoms. The predicted molar refractivity (Wildman–Crippen MR) is 165 cm³/mol. The summed E-state index contributed by atoms with van der Waals surface area (Å²) in [6, 6.07) is 22.3. The molecule has 0 fully saturated rings. The third kappa shape index (κ3) is 6.35. The van der Waals surface area contributed by atoms with Crippen LogP contribution in [0, 0.1) is 0 Å². The summed E-state index contributed by atoms with van der Waals surface area (Å²) in [6.07, 6.45) is 3.52. The first-order valence-corrected chi connectivity index (χ1v) is 15.5. The zero-order valence-electron chi connectivity index (χ0n) is 23.1. The number of thiazole rings is 1. The summed E-state index contributed by atoms with van der Waals surface area (Å²) in [5.41, 5.74) is 3.19. The lowest BCUT2D eigenvalue weighted by Crippen LogP contribution is -2.40. The second-order valence-corrected chi connectivity index (χ2v) is 12.1. The van der Waals surface area contributed by atoms with Crippen molar-refractivity contribution >= 4 is 46.7 Å². The Morgan fingerprint density at radius 2 is 1.88 bits per heavy atom. The molecule has 0 saturated heterocycles. The van der Waals surface area contributed by atoms with Gasteiger partial charge in [0.1, 0.15) is 12.4 Å². The molecular weight excluding hydrogens is 576 g/mol. The summed E-state index contributed by atoms with van der Waals surface area (Å²) in [5, 5.41) is 0.648. The van der Waals surface area contributed by atoms with E-state index in [0.29, 0.717) is 38.0 Å². The van der Waals surface area contributed by atoms with Crippen LogP contribution in [-0.4, -0.2) is 22.9 Å². The van der Waals surface area contributed by atoms with E-state index in [9.17, 15) is 9.59 Å². The Balaban J connectivity index is 1.55. The van der Waals surface area contributed by atoms with Gasteiger partial charge in [-0.1, -0.05) is 65.4 Å². The molecule has 4 aromatic rings. The number of benzene rings is 3. The van der Waals surface area contributed by atoms with E-state index in [4.69, 9.17) is 21.1 Å². The van der Waals surface area contributed by atoms with Gasteiger partial charge in [0.05, 0.1) is 27.9 Å². The largest absolute Gasteiger partial charge is 0.489 e. The van der Waals surface area contributed by atoms with Gasteiger partial charge < -0.3 is 9.47 Å².